The van der Waals surface area contributed by atoms with E-state index in [1.165, 1.54) is 4.90 Å². The lowest BCUT2D eigenvalue weighted by molar-refractivity contribution is -0.133. The molecule has 1 atom stereocenters. The molecule has 30 heavy (non-hydrogen) atoms. The van der Waals surface area contributed by atoms with Crippen LogP contribution in [0.4, 0.5) is 0 Å². The number of primary amides is 1. The molecule has 4 rings (SSSR count). The van der Waals surface area contributed by atoms with Crippen molar-refractivity contribution in [3.05, 3.63) is 54.1 Å². The second-order valence-electron chi connectivity index (χ2n) is 6.86. The van der Waals surface area contributed by atoms with Crippen LogP contribution in [0.25, 0.3) is 16.8 Å². The zero-order valence-electron chi connectivity index (χ0n) is 16.7. The summed E-state index contributed by atoms with van der Waals surface area (Å²) in [6.45, 7) is 0.694. The first-order chi connectivity index (χ1) is 14.3. The van der Waals surface area contributed by atoms with Crippen molar-refractivity contribution in [2.24, 2.45) is 12.8 Å². The van der Waals surface area contributed by atoms with E-state index in [0.717, 1.165) is 16.8 Å². The van der Waals surface area contributed by atoms with Crippen LogP contribution < -0.4 is 5.73 Å². The van der Waals surface area contributed by atoms with Gasteiger partial charge in [0.15, 0.2) is 5.69 Å². The fraction of sp³-hybridized carbons (Fsp3) is 0.238. The summed E-state index contributed by atoms with van der Waals surface area (Å²) in [7, 11) is 3.49. The molecular weight excluding hydrogens is 384 g/mol. The molecule has 2 amide bonds. The fourth-order valence-electron chi connectivity index (χ4n) is 3.00. The number of likely N-dealkylation sites (tertiary alicyclic amines) is 1. The highest BCUT2D eigenvalue weighted by atomic mass is 16.3. The molecule has 9 nitrogen and oxygen atoms in total. The third kappa shape index (κ3) is 4.39. The van der Waals surface area contributed by atoms with Crippen LogP contribution in [0, 0.1) is 12.3 Å². The maximum Gasteiger partial charge on any atom is 0.269 e. The third-order valence-corrected chi connectivity index (χ3v) is 4.64. The summed E-state index contributed by atoms with van der Waals surface area (Å²) >= 11 is 0. The van der Waals surface area contributed by atoms with Crippen molar-refractivity contribution in [3.8, 4) is 29.2 Å². The Morgan fingerprint density at radius 3 is 2.60 bits per heavy atom. The van der Waals surface area contributed by atoms with Crippen molar-refractivity contribution in [1.82, 2.24) is 24.5 Å². The molecule has 1 saturated heterocycles. The largest absolute Gasteiger partial charge is 0.383 e. The molecular formula is C21H22N6O3. The average Bonchev–Trinajstić information content (AvgIpc) is 3.44. The van der Waals surface area contributed by atoms with Crippen molar-refractivity contribution >= 4 is 11.8 Å². The van der Waals surface area contributed by atoms with Gasteiger partial charge in [0, 0.05) is 49.7 Å². The van der Waals surface area contributed by atoms with Crippen LogP contribution in [0.5, 0.6) is 0 Å². The number of aliphatic hydroxyl groups is 1. The van der Waals surface area contributed by atoms with E-state index in [-0.39, 0.29) is 11.6 Å². The summed E-state index contributed by atoms with van der Waals surface area (Å²) in [6, 6.07) is 7.32. The van der Waals surface area contributed by atoms with Crippen LogP contribution in [-0.4, -0.2) is 61.1 Å². The van der Waals surface area contributed by atoms with E-state index in [0.29, 0.717) is 18.5 Å². The Morgan fingerprint density at radius 2 is 2.10 bits per heavy atom. The summed E-state index contributed by atoms with van der Waals surface area (Å²) in [5, 5.41) is 17.2. The Bertz CT molecular complexity index is 1110. The van der Waals surface area contributed by atoms with Crippen LogP contribution >= 0.6 is 0 Å². The SMILES string of the molecule is C#Cc1cccc(-n2cc(-c3cnn(C)c3)c(C(N)=O)n2)c1.CN1CCC(O)C1=O. The van der Waals surface area contributed by atoms with Crippen molar-refractivity contribution in [2.75, 3.05) is 13.6 Å². The molecule has 1 aliphatic heterocycles. The topological polar surface area (TPSA) is 119 Å². The molecule has 0 radical (unpaired) electrons. The number of aryl methyl sites for hydroxylation is 1. The molecule has 0 saturated carbocycles. The number of rotatable bonds is 3. The van der Waals surface area contributed by atoms with E-state index in [1.54, 1.807) is 42.0 Å². The van der Waals surface area contributed by atoms with E-state index in [1.807, 2.05) is 24.3 Å². The number of aromatic nitrogens is 4. The number of hydrogen-bond donors (Lipinski definition) is 2. The molecule has 0 aliphatic carbocycles. The van der Waals surface area contributed by atoms with Gasteiger partial charge in [-0.25, -0.2) is 4.68 Å². The first kappa shape index (κ1) is 20.8. The summed E-state index contributed by atoms with van der Waals surface area (Å²) < 4.78 is 3.24. The minimum absolute atomic E-state index is 0.148. The summed E-state index contributed by atoms with van der Waals surface area (Å²) in [6.07, 6.45) is 10.5. The molecule has 1 unspecified atom stereocenters. The van der Waals surface area contributed by atoms with Crippen molar-refractivity contribution in [3.63, 3.8) is 0 Å². The number of amides is 2. The minimum Gasteiger partial charge on any atom is -0.383 e. The van der Waals surface area contributed by atoms with Crippen LogP contribution in [0.15, 0.2) is 42.9 Å². The van der Waals surface area contributed by atoms with Gasteiger partial charge in [0.25, 0.3) is 11.8 Å². The van der Waals surface area contributed by atoms with E-state index >= 15 is 0 Å². The van der Waals surface area contributed by atoms with Crippen molar-refractivity contribution < 1.29 is 14.7 Å². The minimum atomic E-state index is -0.722. The molecule has 1 aromatic carbocycles. The second kappa shape index (κ2) is 8.63. The molecule has 3 aromatic rings. The number of likely N-dealkylation sites (N-methyl/N-ethyl adjacent to an activating group) is 1. The van der Waals surface area contributed by atoms with Gasteiger partial charge in [-0.1, -0.05) is 12.0 Å². The first-order valence-electron chi connectivity index (χ1n) is 9.18. The quantitative estimate of drug-likeness (QED) is 0.616. The Labute approximate surface area is 173 Å². The standard InChI is InChI=1S/C16H13N5O.C5H9NO2/c1-3-11-5-4-6-13(7-11)21-10-14(15(19-21)16(17)22)12-8-18-20(2)9-12;1-6-3-2-4(7)5(6)8/h1,4-10H,2H3,(H2,17,22);4,7H,2-3H2,1H3. The number of carbonyl (C=O) groups is 2. The lowest BCUT2D eigenvalue weighted by atomic mass is 10.1. The van der Waals surface area contributed by atoms with Gasteiger partial charge in [0.1, 0.15) is 6.10 Å². The lowest BCUT2D eigenvalue weighted by Gasteiger charge is -2.04. The van der Waals surface area contributed by atoms with Crippen LogP contribution in [0.1, 0.15) is 22.5 Å². The highest BCUT2D eigenvalue weighted by Crippen LogP contribution is 2.24. The number of carbonyl (C=O) groups excluding carboxylic acids is 2. The van der Waals surface area contributed by atoms with Gasteiger partial charge < -0.3 is 15.7 Å². The molecule has 3 heterocycles. The Kier molecular flexibility index (Phi) is 5.99. The van der Waals surface area contributed by atoms with Crippen molar-refractivity contribution in [2.45, 2.75) is 12.5 Å². The molecule has 0 spiro atoms. The van der Waals surface area contributed by atoms with E-state index < -0.39 is 12.0 Å². The first-order valence-corrected chi connectivity index (χ1v) is 9.18. The zero-order chi connectivity index (χ0) is 21.8. The molecule has 9 heteroatoms. The fourth-order valence-corrected chi connectivity index (χ4v) is 3.00. The molecule has 2 aromatic heterocycles. The lowest BCUT2D eigenvalue weighted by Crippen LogP contribution is -2.24. The van der Waals surface area contributed by atoms with Gasteiger partial charge in [-0.15, -0.1) is 6.42 Å². The average molecular weight is 406 g/mol. The molecule has 0 bridgehead atoms. The Hall–Kier alpha value is -3.90. The highest BCUT2D eigenvalue weighted by molar-refractivity contribution is 5.97. The molecule has 3 N–H and O–H groups in total. The number of nitrogens with two attached hydrogens (primary N) is 1. The number of terminal acetylenes is 1. The molecule has 154 valence electrons. The van der Waals surface area contributed by atoms with Crippen LogP contribution in [-0.2, 0) is 11.8 Å². The maximum atomic E-state index is 11.7. The maximum absolute atomic E-state index is 11.7. The Morgan fingerprint density at radius 1 is 1.33 bits per heavy atom. The van der Waals surface area contributed by atoms with Gasteiger partial charge >= 0.3 is 0 Å². The summed E-state index contributed by atoms with van der Waals surface area (Å²) in [5.74, 6) is 1.83. The summed E-state index contributed by atoms with van der Waals surface area (Å²) in [4.78, 5) is 23.8. The number of benzene rings is 1. The predicted octanol–water partition coefficient (Wildman–Crippen LogP) is 0.562. The number of nitrogens with zero attached hydrogens (tertiary/aromatic N) is 5. The zero-order valence-corrected chi connectivity index (χ0v) is 16.7. The second-order valence-corrected chi connectivity index (χ2v) is 6.86. The predicted molar refractivity (Wildman–Crippen MR) is 110 cm³/mol. The normalized spacial score (nSPS) is 15.5. The van der Waals surface area contributed by atoms with Gasteiger partial charge in [-0.2, -0.15) is 10.2 Å². The van der Waals surface area contributed by atoms with E-state index in [2.05, 4.69) is 16.1 Å². The van der Waals surface area contributed by atoms with Gasteiger partial charge in [0.2, 0.25) is 0 Å². The number of aliphatic hydroxyl groups excluding tert-OH is 1. The molecule has 1 aliphatic rings. The van der Waals surface area contributed by atoms with Crippen LogP contribution in [0.2, 0.25) is 0 Å². The monoisotopic (exact) mass is 406 g/mol. The molecule has 1 fully saturated rings. The van der Waals surface area contributed by atoms with Gasteiger partial charge in [0.05, 0.1) is 11.9 Å². The van der Waals surface area contributed by atoms with E-state index in [9.17, 15) is 9.59 Å². The van der Waals surface area contributed by atoms with Crippen LogP contribution in [0.3, 0.4) is 0 Å². The highest BCUT2D eigenvalue weighted by Gasteiger charge is 2.26. The Balaban J connectivity index is 0.000000269. The third-order valence-electron chi connectivity index (χ3n) is 4.64. The number of hydrogen-bond acceptors (Lipinski definition) is 5. The van der Waals surface area contributed by atoms with Gasteiger partial charge in [-0.05, 0) is 24.6 Å². The summed E-state index contributed by atoms with van der Waals surface area (Å²) in [5.41, 5.74) is 8.52. The van der Waals surface area contributed by atoms with Gasteiger partial charge in [-0.3, -0.25) is 14.3 Å². The smallest absolute Gasteiger partial charge is 0.269 e. The van der Waals surface area contributed by atoms with Crippen molar-refractivity contribution in [1.29, 1.82) is 0 Å². The van der Waals surface area contributed by atoms with E-state index in [4.69, 9.17) is 17.3 Å².